The first-order valence-corrected chi connectivity index (χ1v) is 8.06. The van der Waals surface area contributed by atoms with Crippen LogP contribution >= 0.6 is 11.6 Å². The van der Waals surface area contributed by atoms with Crippen molar-refractivity contribution in [2.45, 2.75) is 37.0 Å². The van der Waals surface area contributed by atoms with Crippen molar-refractivity contribution in [2.75, 3.05) is 0 Å². The first-order valence-electron chi connectivity index (χ1n) is 7.68. The maximum atomic E-state index is 9.63. The summed E-state index contributed by atoms with van der Waals surface area (Å²) in [6.45, 7) is 0. The summed E-state index contributed by atoms with van der Waals surface area (Å²) in [4.78, 5) is -0.455. The van der Waals surface area contributed by atoms with Crippen molar-refractivity contribution in [1.29, 1.82) is 0 Å². The molecule has 1 N–H and O–H groups in total. The van der Waals surface area contributed by atoms with Crippen molar-refractivity contribution >= 4 is 17.3 Å². The normalized spacial score (nSPS) is 43.0. The molecule has 0 amide bonds. The summed E-state index contributed by atoms with van der Waals surface area (Å²) < 4.78 is 0. The van der Waals surface area contributed by atoms with Gasteiger partial charge in [-0.25, -0.2) is 0 Å². The van der Waals surface area contributed by atoms with Gasteiger partial charge in [-0.2, -0.15) is 0 Å². The summed E-state index contributed by atoms with van der Waals surface area (Å²) in [7, 11) is 0. The molecule has 1 aromatic rings. The second-order valence-electron chi connectivity index (χ2n) is 6.89. The second-order valence-corrected chi connectivity index (χ2v) is 7.51. The van der Waals surface area contributed by atoms with E-state index < -0.39 is 4.87 Å². The second kappa shape index (κ2) is 4.49. The van der Waals surface area contributed by atoms with Gasteiger partial charge in [0.25, 0.3) is 0 Å². The maximum Gasteiger partial charge on any atom is 0.108 e. The van der Waals surface area contributed by atoms with Gasteiger partial charge >= 0.3 is 0 Å². The molecule has 0 heterocycles. The van der Waals surface area contributed by atoms with E-state index >= 15 is 0 Å². The molecular formula is C17H20ClNO. The molecule has 106 valence electrons. The van der Waals surface area contributed by atoms with Crippen molar-refractivity contribution in [3.8, 4) is 0 Å². The van der Waals surface area contributed by atoms with Crippen LogP contribution in [-0.2, 0) is 0 Å². The van der Waals surface area contributed by atoms with E-state index in [2.05, 4.69) is 5.16 Å². The number of nitrogens with zero attached hydrogens (tertiary/aromatic N) is 1. The number of halogens is 1. The summed E-state index contributed by atoms with van der Waals surface area (Å²) in [5, 5.41) is 13.3. The van der Waals surface area contributed by atoms with E-state index in [4.69, 9.17) is 11.6 Å². The number of rotatable bonds is 2. The zero-order valence-electron chi connectivity index (χ0n) is 11.5. The Labute approximate surface area is 124 Å². The van der Waals surface area contributed by atoms with Gasteiger partial charge < -0.3 is 5.21 Å². The summed E-state index contributed by atoms with van der Waals surface area (Å²) >= 11 is 7.14. The van der Waals surface area contributed by atoms with Gasteiger partial charge in [-0.1, -0.05) is 35.5 Å². The van der Waals surface area contributed by atoms with Crippen LogP contribution in [0.15, 0.2) is 35.5 Å². The molecule has 0 atom stereocenters. The van der Waals surface area contributed by atoms with Crippen LogP contribution < -0.4 is 0 Å². The first-order chi connectivity index (χ1) is 9.71. The summed E-state index contributed by atoms with van der Waals surface area (Å²) in [6, 6.07) is 9.96. The SMILES string of the molecule is O/N=C(\c1ccccc1)C1(Cl)C2CC3CC(C2)CC1C3. The maximum absolute atomic E-state index is 9.63. The fraction of sp³-hybridized carbons (Fsp3) is 0.588. The zero-order valence-corrected chi connectivity index (χ0v) is 12.3. The van der Waals surface area contributed by atoms with Gasteiger partial charge in [-0.3, -0.25) is 0 Å². The first kappa shape index (κ1) is 12.7. The molecule has 0 unspecified atom stereocenters. The topological polar surface area (TPSA) is 32.6 Å². The molecule has 4 fully saturated rings. The van der Waals surface area contributed by atoms with Gasteiger partial charge in [0, 0.05) is 5.56 Å². The molecule has 4 aliphatic carbocycles. The van der Waals surface area contributed by atoms with Crippen molar-refractivity contribution in [2.24, 2.45) is 28.8 Å². The molecule has 1 aromatic carbocycles. The van der Waals surface area contributed by atoms with Crippen LogP contribution in [0.1, 0.15) is 37.7 Å². The minimum absolute atomic E-state index is 0.455. The number of hydrogen-bond acceptors (Lipinski definition) is 2. The molecule has 2 nitrogen and oxygen atoms in total. The summed E-state index contributed by atoms with van der Waals surface area (Å²) in [5.41, 5.74) is 1.67. The van der Waals surface area contributed by atoms with Crippen LogP contribution in [0.4, 0.5) is 0 Å². The van der Waals surface area contributed by atoms with Gasteiger partial charge in [-0.15, -0.1) is 11.6 Å². The minimum Gasteiger partial charge on any atom is -0.411 e. The lowest BCUT2D eigenvalue weighted by atomic mass is 9.50. The third kappa shape index (κ3) is 1.67. The highest BCUT2D eigenvalue weighted by Crippen LogP contribution is 2.61. The Kier molecular flexibility index (Phi) is 2.85. The van der Waals surface area contributed by atoms with Gasteiger partial charge in [0.15, 0.2) is 0 Å². The Balaban J connectivity index is 1.76. The average molecular weight is 290 g/mol. The Morgan fingerprint density at radius 1 is 1.00 bits per heavy atom. The molecule has 4 aliphatic rings. The van der Waals surface area contributed by atoms with E-state index in [1.54, 1.807) is 0 Å². The predicted molar refractivity (Wildman–Crippen MR) is 80.4 cm³/mol. The van der Waals surface area contributed by atoms with Crippen LogP contribution in [0.3, 0.4) is 0 Å². The Hall–Kier alpha value is -1.02. The fourth-order valence-electron chi connectivity index (χ4n) is 5.21. The van der Waals surface area contributed by atoms with Gasteiger partial charge in [0.1, 0.15) is 5.71 Å². The number of oxime groups is 1. The largest absolute Gasteiger partial charge is 0.411 e. The predicted octanol–water partition coefficient (Wildman–Crippen LogP) is 4.30. The van der Waals surface area contributed by atoms with Crippen molar-refractivity contribution in [3.63, 3.8) is 0 Å². The van der Waals surface area contributed by atoms with E-state index in [1.807, 2.05) is 30.3 Å². The Morgan fingerprint density at radius 2 is 1.55 bits per heavy atom. The van der Waals surface area contributed by atoms with E-state index in [1.165, 1.54) is 32.1 Å². The van der Waals surface area contributed by atoms with Crippen LogP contribution in [0.25, 0.3) is 0 Å². The van der Waals surface area contributed by atoms with Gasteiger partial charge in [0.2, 0.25) is 0 Å². The van der Waals surface area contributed by atoms with Crippen molar-refractivity contribution in [1.82, 2.24) is 0 Å². The monoisotopic (exact) mass is 289 g/mol. The van der Waals surface area contributed by atoms with Crippen LogP contribution in [-0.4, -0.2) is 15.8 Å². The molecule has 0 radical (unpaired) electrons. The van der Waals surface area contributed by atoms with Crippen LogP contribution in [0, 0.1) is 23.7 Å². The third-order valence-electron chi connectivity index (χ3n) is 5.84. The number of alkyl halides is 1. The fourth-order valence-corrected chi connectivity index (χ4v) is 5.71. The third-order valence-corrected chi connectivity index (χ3v) is 6.63. The van der Waals surface area contributed by atoms with Crippen LogP contribution in [0.2, 0.25) is 0 Å². The van der Waals surface area contributed by atoms with Gasteiger partial charge in [0.05, 0.1) is 4.87 Å². The lowest BCUT2D eigenvalue weighted by Gasteiger charge is -2.58. The zero-order chi connectivity index (χ0) is 13.7. The quantitative estimate of drug-likeness (QED) is 0.374. The summed E-state index contributed by atoms with van der Waals surface area (Å²) in [5.74, 6) is 2.68. The molecule has 5 rings (SSSR count). The molecular weight excluding hydrogens is 270 g/mol. The summed E-state index contributed by atoms with van der Waals surface area (Å²) in [6.07, 6.45) is 6.24. The van der Waals surface area contributed by atoms with Gasteiger partial charge in [-0.05, 0) is 55.8 Å². The van der Waals surface area contributed by atoms with Crippen molar-refractivity contribution in [3.05, 3.63) is 35.9 Å². The molecule has 3 heteroatoms. The number of benzene rings is 1. The molecule has 4 saturated carbocycles. The average Bonchev–Trinajstić information content (AvgIpc) is 2.46. The molecule has 0 aliphatic heterocycles. The molecule has 4 bridgehead atoms. The van der Waals surface area contributed by atoms with E-state index in [-0.39, 0.29) is 0 Å². The minimum atomic E-state index is -0.455. The lowest BCUT2D eigenvalue weighted by Crippen LogP contribution is -2.58. The molecule has 20 heavy (non-hydrogen) atoms. The Bertz CT molecular complexity index is 511. The molecule has 0 spiro atoms. The highest BCUT2D eigenvalue weighted by molar-refractivity contribution is 6.39. The number of hydrogen-bond donors (Lipinski definition) is 1. The lowest BCUT2D eigenvalue weighted by molar-refractivity contribution is 0.00398. The highest BCUT2D eigenvalue weighted by Gasteiger charge is 2.59. The molecule has 0 saturated heterocycles. The molecule has 0 aromatic heterocycles. The van der Waals surface area contributed by atoms with E-state index in [0.717, 1.165) is 17.4 Å². The van der Waals surface area contributed by atoms with E-state index in [9.17, 15) is 5.21 Å². The standard InChI is InChI=1S/C17H20ClNO/c18-17(16(19-20)13-4-2-1-3-5-13)14-7-11-6-12(9-14)10-15(17)8-11/h1-5,11-12,14-15,20H,6-10H2/b19-16+. The smallest absolute Gasteiger partial charge is 0.108 e. The van der Waals surface area contributed by atoms with E-state index in [0.29, 0.717) is 17.5 Å². The highest BCUT2D eigenvalue weighted by atomic mass is 35.5. The Morgan fingerprint density at radius 3 is 2.05 bits per heavy atom. The van der Waals surface area contributed by atoms with Crippen molar-refractivity contribution < 1.29 is 5.21 Å². The van der Waals surface area contributed by atoms with Crippen LogP contribution in [0.5, 0.6) is 0 Å².